The van der Waals surface area contributed by atoms with E-state index in [1.54, 1.807) is 0 Å². The van der Waals surface area contributed by atoms with Crippen LogP contribution < -0.4 is 5.32 Å². The number of aromatic nitrogens is 2. The van der Waals surface area contributed by atoms with E-state index < -0.39 is 0 Å². The predicted molar refractivity (Wildman–Crippen MR) is 68.1 cm³/mol. The van der Waals surface area contributed by atoms with Crippen LogP contribution in [-0.2, 0) is 6.54 Å². The Balaban J connectivity index is 1.47. The molecule has 2 fully saturated rings. The van der Waals surface area contributed by atoms with E-state index in [2.05, 4.69) is 20.4 Å². The third-order valence-electron chi connectivity index (χ3n) is 4.23. The second-order valence-corrected chi connectivity index (χ2v) is 5.55. The van der Waals surface area contributed by atoms with Gasteiger partial charge in [-0.05, 0) is 51.2 Å². The van der Waals surface area contributed by atoms with Crippen molar-refractivity contribution in [3.63, 3.8) is 0 Å². The fraction of sp³-hybridized carbons (Fsp3) is 0.846. The molecule has 2 aliphatic rings. The molecule has 5 nitrogen and oxygen atoms in total. The van der Waals surface area contributed by atoms with E-state index in [1.807, 2.05) is 6.92 Å². The van der Waals surface area contributed by atoms with Crippen molar-refractivity contribution < 1.29 is 4.52 Å². The van der Waals surface area contributed by atoms with E-state index in [4.69, 9.17) is 4.52 Å². The maximum absolute atomic E-state index is 5.01. The van der Waals surface area contributed by atoms with Gasteiger partial charge in [-0.25, -0.2) is 0 Å². The van der Waals surface area contributed by atoms with Crippen molar-refractivity contribution in [1.29, 1.82) is 0 Å². The van der Waals surface area contributed by atoms with Gasteiger partial charge >= 0.3 is 0 Å². The van der Waals surface area contributed by atoms with Gasteiger partial charge in [0.25, 0.3) is 0 Å². The highest BCUT2D eigenvalue weighted by Crippen LogP contribution is 2.26. The molecule has 0 saturated carbocycles. The van der Waals surface area contributed by atoms with E-state index in [-0.39, 0.29) is 0 Å². The van der Waals surface area contributed by atoms with Gasteiger partial charge in [0.1, 0.15) is 0 Å². The minimum Gasteiger partial charge on any atom is -0.340 e. The highest BCUT2D eigenvalue weighted by molar-refractivity contribution is 4.88. The number of piperidine rings is 1. The number of nitrogens with one attached hydrogen (secondary N) is 1. The molecule has 2 saturated heterocycles. The van der Waals surface area contributed by atoms with Gasteiger partial charge in [-0.15, -0.1) is 0 Å². The molecule has 3 rings (SSSR count). The van der Waals surface area contributed by atoms with Crippen LogP contribution in [0.1, 0.15) is 37.4 Å². The largest absolute Gasteiger partial charge is 0.340 e. The molecule has 1 unspecified atom stereocenters. The summed E-state index contributed by atoms with van der Waals surface area (Å²) in [6, 6.07) is 0.777. The lowest BCUT2D eigenvalue weighted by atomic mass is 9.88. The summed E-state index contributed by atoms with van der Waals surface area (Å²) in [6.45, 7) is 6.22. The molecule has 0 bridgehead atoms. The standard InChI is InChI=1S/C13H22N4O/c1-10-15-13(16-18-10)9-17-7-4-11(5-8-17)12-3-2-6-14-12/h11-12,14H,2-9H2,1H3. The number of hydrogen-bond acceptors (Lipinski definition) is 5. The average Bonchev–Trinajstić information content (AvgIpc) is 3.02. The van der Waals surface area contributed by atoms with Crippen LogP contribution in [0, 0.1) is 12.8 Å². The van der Waals surface area contributed by atoms with Crippen LogP contribution in [-0.4, -0.2) is 40.7 Å². The summed E-state index contributed by atoms with van der Waals surface area (Å²) < 4.78 is 5.01. The van der Waals surface area contributed by atoms with Crippen molar-refractivity contribution in [3.05, 3.63) is 11.7 Å². The van der Waals surface area contributed by atoms with Crippen molar-refractivity contribution >= 4 is 0 Å². The van der Waals surface area contributed by atoms with Crippen LogP contribution in [0.2, 0.25) is 0 Å². The van der Waals surface area contributed by atoms with Crippen LogP contribution in [0.3, 0.4) is 0 Å². The maximum Gasteiger partial charge on any atom is 0.223 e. The van der Waals surface area contributed by atoms with E-state index in [0.717, 1.165) is 37.4 Å². The molecular weight excluding hydrogens is 228 g/mol. The molecular formula is C13H22N4O. The average molecular weight is 250 g/mol. The summed E-state index contributed by atoms with van der Waals surface area (Å²) in [5.41, 5.74) is 0. The molecule has 2 aliphatic heterocycles. The Morgan fingerprint density at radius 3 is 2.78 bits per heavy atom. The second kappa shape index (κ2) is 5.36. The topological polar surface area (TPSA) is 54.2 Å². The molecule has 1 aromatic rings. The minimum atomic E-state index is 0.662. The number of nitrogens with zero attached hydrogens (tertiary/aromatic N) is 3. The molecule has 0 radical (unpaired) electrons. The maximum atomic E-state index is 5.01. The lowest BCUT2D eigenvalue weighted by Gasteiger charge is -2.34. The zero-order chi connectivity index (χ0) is 12.4. The second-order valence-electron chi connectivity index (χ2n) is 5.55. The minimum absolute atomic E-state index is 0.662. The van der Waals surface area contributed by atoms with Crippen molar-refractivity contribution in [2.45, 2.75) is 45.2 Å². The van der Waals surface area contributed by atoms with Gasteiger partial charge in [0, 0.05) is 13.0 Å². The Kier molecular flexibility index (Phi) is 3.61. The number of aryl methyl sites for hydroxylation is 1. The molecule has 100 valence electrons. The predicted octanol–water partition coefficient (Wildman–Crippen LogP) is 1.34. The molecule has 1 N–H and O–H groups in total. The van der Waals surface area contributed by atoms with Crippen LogP contribution >= 0.6 is 0 Å². The first-order chi connectivity index (χ1) is 8.81. The SMILES string of the molecule is Cc1nc(CN2CCC(C3CCCN3)CC2)no1. The summed E-state index contributed by atoms with van der Waals surface area (Å²) in [5, 5.41) is 7.60. The number of hydrogen-bond donors (Lipinski definition) is 1. The molecule has 0 aliphatic carbocycles. The first-order valence-electron chi connectivity index (χ1n) is 7.06. The fourth-order valence-electron chi connectivity index (χ4n) is 3.23. The van der Waals surface area contributed by atoms with Gasteiger partial charge in [-0.1, -0.05) is 5.16 Å². The molecule has 5 heteroatoms. The molecule has 18 heavy (non-hydrogen) atoms. The van der Waals surface area contributed by atoms with E-state index in [9.17, 15) is 0 Å². The highest BCUT2D eigenvalue weighted by atomic mass is 16.5. The highest BCUT2D eigenvalue weighted by Gasteiger charge is 2.28. The Hall–Kier alpha value is -0.940. The molecule has 0 amide bonds. The van der Waals surface area contributed by atoms with Crippen LogP contribution in [0.15, 0.2) is 4.52 Å². The van der Waals surface area contributed by atoms with Crippen molar-refractivity contribution in [3.8, 4) is 0 Å². The third kappa shape index (κ3) is 2.72. The lowest BCUT2D eigenvalue weighted by molar-refractivity contribution is 0.153. The number of likely N-dealkylation sites (tertiary alicyclic amines) is 1. The summed E-state index contributed by atoms with van der Waals surface area (Å²) in [6.07, 6.45) is 5.32. The Bertz CT molecular complexity index is 378. The smallest absolute Gasteiger partial charge is 0.223 e. The Morgan fingerprint density at radius 2 is 2.17 bits per heavy atom. The fourth-order valence-corrected chi connectivity index (χ4v) is 3.23. The molecule has 0 spiro atoms. The summed E-state index contributed by atoms with van der Waals surface area (Å²) in [4.78, 5) is 6.71. The van der Waals surface area contributed by atoms with Gasteiger partial charge in [-0.2, -0.15) is 4.98 Å². The normalized spacial score (nSPS) is 26.8. The molecule has 1 atom stereocenters. The first kappa shape index (κ1) is 12.1. The van der Waals surface area contributed by atoms with E-state index in [0.29, 0.717) is 5.89 Å². The Labute approximate surface area is 108 Å². The summed E-state index contributed by atoms with van der Waals surface area (Å²) >= 11 is 0. The quantitative estimate of drug-likeness (QED) is 0.877. The van der Waals surface area contributed by atoms with Gasteiger partial charge in [0.15, 0.2) is 5.82 Å². The van der Waals surface area contributed by atoms with Crippen LogP contribution in [0.25, 0.3) is 0 Å². The lowest BCUT2D eigenvalue weighted by Crippen LogP contribution is -2.40. The zero-order valence-corrected chi connectivity index (χ0v) is 11.1. The van der Waals surface area contributed by atoms with Crippen molar-refractivity contribution in [2.75, 3.05) is 19.6 Å². The number of rotatable bonds is 3. The first-order valence-corrected chi connectivity index (χ1v) is 7.06. The van der Waals surface area contributed by atoms with Crippen LogP contribution in [0.4, 0.5) is 0 Å². The van der Waals surface area contributed by atoms with Crippen molar-refractivity contribution in [1.82, 2.24) is 20.4 Å². The molecule has 1 aromatic heterocycles. The molecule has 3 heterocycles. The third-order valence-corrected chi connectivity index (χ3v) is 4.23. The van der Waals surface area contributed by atoms with E-state index in [1.165, 1.54) is 32.2 Å². The van der Waals surface area contributed by atoms with Crippen LogP contribution in [0.5, 0.6) is 0 Å². The van der Waals surface area contributed by atoms with Gasteiger partial charge in [-0.3, -0.25) is 4.90 Å². The monoisotopic (exact) mass is 250 g/mol. The molecule has 0 aromatic carbocycles. The summed E-state index contributed by atoms with van der Waals surface area (Å²) in [5.74, 6) is 2.36. The zero-order valence-electron chi connectivity index (χ0n) is 11.1. The van der Waals surface area contributed by atoms with E-state index >= 15 is 0 Å². The Morgan fingerprint density at radius 1 is 1.33 bits per heavy atom. The summed E-state index contributed by atoms with van der Waals surface area (Å²) in [7, 11) is 0. The van der Waals surface area contributed by atoms with Gasteiger partial charge in [0.2, 0.25) is 5.89 Å². The van der Waals surface area contributed by atoms with Gasteiger partial charge < -0.3 is 9.84 Å². The van der Waals surface area contributed by atoms with Gasteiger partial charge in [0.05, 0.1) is 6.54 Å². The van der Waals surface area contributed by atoms with Crippen molar-refractivity contribution in [2.24, 2.45) is 5.92 Å².